The smallest absolute Gasteiger partial charge is 0.335 e. The highest BCUT2D eigenvalue weighted by atomic mass is 32.1. The third-order valence-electron chi connectivity index (χ3n) is 5.56. The van der Waals surface area contributed by atoms with Gasteiger partial charge >= 0.3 is 5.97 Å². The Hall–Kier alpha value is -1.72. The standard InChI is InChI=1S/C19H22N2O2S/c1-13-12-20-17(24-13)15-8-14(9-16(10-15)18(22)23)11-19-2-5-21(6-3-19)7-4-19/h8-10,12H,2-7,11H2,1H3,(H,22,23). The van der Waals surface area contributed by atoms with E-state index in [-0.39, 0.29) is 0 Å². The number of carboxylic acids is 1. The number of thiazole rings is 1. The molecule has 1 aromatic carbocycles. The van der Waals surface area contributed by atoms with Crippen molar-refractivity contribution >= 4 is 17.3 Å². The van der Waals surface area contributed by atoms with Crippen LogP contribution in [0.5, 0.6) is 0 Å². The van der Waals surface area contributed by atoms with E-state index in [0.29, 0.717) is 11.0 Å². The molecule has 0 atom stereocenters. The molecular formula is C19H22N2O2S. The molecule has 4 nitrogen and oxygen atoms in total. The summed E-state index contributed by atoms with van der Waals surface area (Å²) in [6.45, 7) is 5.60. The number of aromatic nitrogens is 1. The van der Waals surface area contributed by atoms with Crippen LogP contribution >= 0.6 is 11.3 Å². The molecule has 1 aromatic heterocycles. The van der Waals surface area contributed by atoms with Gasteiger partial charge in [-0.3, -0.25) is 0 Å². The summed E-state index contributed by atoms with van der Waals surface area (Å²) in [5.74, 6) is -0.859. The van der Waals surface area contributed by atoms with Gasteiger partial charge in [-0.05, 0) is 81.4 Å². The first-order valence-corrected chi connectivity index (χ1v) is 9.37. The molecule has 126 valence electrons. The Morgan fingerprint density at radius 3 is 2.54 bits per heavy atom. The molecule has 3 aliphatic heterocycles. The number of aryl methyl sites for hydroxylation is 1. The number of piperidine rings is 3. The maximum absolute atomic E-state index is 11.6. The van der Waals surface area contributed by atoms with Gasteiger partial charge < -0.3 is 10.0 Å². The van der Waals surface area contributed by atoms with Crippen LogP contribution in [0.25, 0.3) is 10.6 Å². The van der Waals surface area contributed by atoms with Gasteiger partial charge in [0.1, 0.15) is 5.01 Å². The summed E-state index contributed by atoms with van der Waals surface area (Å²) in [4.78, 5) is 19.7. The van der Waals surface area contributed by atoms with Crippen LogP contribution in [0.4, 0.5) is 0 Å². The lowest BCUT2D eigenvalue weighted by molar-refractivity contribution is 0.0265. The summed E-state index contributed by atoms with van der Waals surface area (Å²) in [6, 6.07) is 5.77. The summed E-state index contributed by atoms with van der Waals surface area (Å²) in [7, 11) is 0. The molecule has 24 heavy (non-hydrogen) atoms. The second kappa shape index (κ2) is 5.97. The summed E-state index contributed by atoms with van der Waals surface area (Å²) in [5.41, 5.74) is 2.82. The highest BCUT2D eigenvalue weighted by Gasteiger charge is 2.39. The quantitative estimate of drug-likeness (QED) is 0.917. The Morgan fingerprint density at radius 2 is 1.96 bits per heavy atom. The van der Waals surface area contributed by atoms with Gasteiger partial charge in [0.05, 0.1) is 5.56 Å². The Morgan fingerprint density at radius 1 is 1.25 bits per heavy atom. The van der Waals surface area contributed by atoms with Crippen LogP contribution in [0.3, 0.4) is 0 Å². The maximum Gasteiger partial charge on any atom is 0.335 e. The van der Waals surface area contributed by atoms with Crippen LogP contribution in [-0.2, 0) is 6.42 Å². The van der Waals surface area contributed by atoms with Crippen molar-refractivity contribution < 1.29 is 9.90 Å². The Balaban J connectivity index is 1.69. The van der Waals surface area contributed by atoms with E-state index in [2.05, 4.69) is 16.0 Å². The number of fused-ring (bicyclic) bond motifs is 3. The zero-order chi connectivity index (χ0) is 16.7. The molecule has 4 heterocycles. The molecule has 2 bridgehead atoms. The SMILES string of the molecule is Cc1cnc(-c2cc(CC34CCN(CC3)CC4)cc(C(=O)O)c2)s1. The molecule has 3 aliphatic rings. The molecule has 1 N–H and O–H groups in total. The summed E-state index contributed by atoms with van der Waals surface area (Å²) >= 11 is 1.62. The predicted molar refractivity (Wildman–Crippen MR) is 95.7 cm³/mol. The van der Waals surface area contributed by atoms with E-state index in [1.807, 2.05) is 19.2 Å². The molecule has 0 unspecified atom stereocenters. The number of carboxylic acid groups (broad SMARTS) is 1. The summed E-state index contributed by atoms with van der Waals surface area (Å²) in [5, 5.41) is 10.4. The molecule has 0 aliphatic carbocycles. The first kappa shape index (κ1) is 15.8. The van der Waals surface area contributed by atoms with E-state index in [1.165, 1.54) is 38.9 Å². The number of aromatic carboxylic acids is 1. The second-order valence-corrected chi connectivity index (χ2v) is 8.50. The van der Waals surface area contributed by atoms with E-state index < -0.39 is 5.97 Å². The van der Waals surface area contributed by atoms with Crippen molar-refractivity contribution in [2.24, 2.45) is 5.41 Å². The van der Waals surface area contributed by atoms with Gasteiger partial charge in [-0.1, -0.05) is 0 Å². The number of benzene rings is 1. The zero-order valence-electron chi connectivity index (χ0n) is 13.9. The van der Waals surface area contributed by atoms with Crippen LogP contribution in [0, 0.1) is 12.3 Å². The fourth-order valence-corrected chi connectivity index (χ4v) is 4.88. The molecule has 0 radical (unpaired) electrons. The number of hydrogen-bond acceptors (Lipinski definition) is 4. The number of carbonyl (C=O) groups is 1. The first-order chi connectivity index (χ1) is 11.5. The van der Waals surface area contributed by atoms with Crippen molar-refractivity contribution in [3.63, 3.8) is 0 Å². The van der Waals surface area contributed by atoms with Gasteiger partial charge in [-0.25, -0.2) is 9.78 Å². The van der Waals surface area contributed by atoms with Crippen molar-refractivity contribution in [2.75, 3.05) is 19.6 Å². The van der Waals surface area contributed by atoms with Crippen molar-refractivity contribution in [1.82, 2.24) is 9.88 Å². The van der Waals surface area contributed by atoms with Gasteiger partial charge in [-0.2, -0.15) is 0 Å². The van der Waals surface area contributed by atoms with Gasteiger partial charge in [0.2, 0.25) is 0 Å². The van der Waals surface area contributed by atoms with Crippen molar-refractivity contribution in [1.29, 1.82) is 0 Å². The minimum absolute atomic E-state index is 0.363. The molecule has 0 spiro atoms. The van der Waals surface area contributed by atoms with Gasteiger partial charge in [-0.15, -0.1) is 11.3 Å². The first-order valence-electron chi connectivity index (χ1n) is 8.55. The topological polar surface area (TPSA) is 53.4 Å². The Bertz CT molecular complexity index is 762. The molecule has 3 saturated heterocycles. The molecule has 3 fully saturated rings. The minimum Gasteiger partial charge on any atom is -0.478 e. The van der Waals surface area contributed by atoms with Crippen LogP contribution in [0.1, 0.15) is 40.1 Å². The average molecular weight is 342 g/mol. The van der Waals surface area contributed by atoms with Gasteiger partial charge in [0.25, 0.3) is 0 Å². The molecular weight excluding hydrogens is 320 g/mol. The Labute approximate surface area is 146 Å². The molecule has 5 heteroatoms. The van der Waals surface area contributed by atoms with E-state index in [9.17, 15) is 9.90 Å². The lowest BCUT2D eigenvalue weighted by Crippen LogP contribution is -2.49. The van der Waals surface area contributed by atoms with Crippen LogP contribution in [0.15, 0.2) is 24.4 Å². The van der Waals surface area contributed by atoms with Crippen LogP contribution in [0.2, 0.25) is 0 Å². The lowest BCUT2D eigenvalue weighted by Gasteiger charge is -2.48. The van der Waals surface area contributed by atoms with E-state index >= 15 is 0 Å². The fourth-order valence-electron chi connectivity index (χ4n) is 4.12. The van der Waals surface area contributed by atoms with Gasteiger partial charge in [0, 0.05) is 16.6 Å². The number of rotatable bonds is 4. The molecule has 2 aromatic rings. The summed E-state index contributed by atoms with van der Waals surface area (Å²) < 4.78 is 0. The van der Waals surface area contributed by atoms with Crippen molar-refractivity contribution in [2.45, 2.75) is 32.6 Å². The largest absolute Gasteiger partial charge is 0.478 e. The number of hydrogen-bond donors (Lipinski definition) is 1. The highest BCUT2D eigenvalue weighted by Crippen LogP contribution is 2.43. The predicted octanol–water partition coefficient (Wildman–Crippen LogP) is 3.85. The lowest BCUT2D eigenvalue weighted by atomic mass is 9.68. The third kappa shape index (κ3) is 2.98. The second-order valence-electron chi connectivity index (χ2n) is 7.27. The molecule has 0 amide bonds. The fraction of sp³-hybridized carbons (Fsp3) is 0.474. The van der Waals surface area contributed by atoms with E-state index in [4.69, 9.17) is 0 Å². The average Bonchev–Trinajstić information content (AvgIpc) is 3.02. The molecule has 0 saturated carbocycles. The van der Waals surface area contributed by atoms with Crippen LogP contribution in [-0.4, -0.2) is 40.6 Å². The van der Waals surface area contributed by atoms with Crippen molar-refractivity contribution in [3.8, 4) is 10.6 Å². The van der Waals surface area contributed by atoms with E-state index in [0.717, 1.165) is 27.4 Å². The highest BCUT2D eigenvalue weighted by molar-refractivity contribution is 7.14. The number of nitrogens with zero attached hydrogens (tertiary/aromatic N) is 2. The van der Waals surface area contributed by atoms with E-state index in [1.54, 1.807) is 17.4 Å². The zero-order valence-corrected chi connectivity index (χ0v) is 14.7. The minimum atomic E-state index is -0.859. The summed E-state index contributed by atoms with van der Waals surface area (Å²) in [6.07, 6.45) is 6.53. The maximum atomic E-state index is 11.6. The monoisotopic (exact) mass is 342 g/mol. The Kier molecular flexibility index (Phi) is 3.93. The van der Waals surface area contributed by atoms with Gasteiger partial charge in [0.15, 0.2) is 0 Å². The van der Waals surface area contributed by atoms with Crippen LogP contribution < -0.4 is 0 Å². The molecule has 5 rings (SSSR count). The third-order valence-corrected chi connectivity index (χ3v) is 6.52. The van der Waals surface area contributed by atoms with Crippen molar-refractivity contribution in [3.05, 3.63) is 40.4 Å². The normalized spacial score (nSPS) is 25.8.